The first-order chi connectivity index (χ1) is 7.34. The summed E-state index contributed by atoms with van der Waals surface area (Å²) in [7, 11) is 1.79. The molecule has 1 aromatic rings. The van der Waals surface area contributed by atoms with Crippen LogP contribution in [-0.2, 0) is 12.7 Å². The van der Waals surface area contributed by atoms with Crippen molar-refractivity contribution >= 4 is 0 Å². The minimum Gasteiger partial charge on any atom is -0.315 e. The van der Waals surface area contributed by atoms with Gasteiger partial charge in [-0.05, 0) is 19.0 Å². The van der Waals surface area contributed by atoms with Crippen molar-refractivity contribution in [3.63, 3.8) is 0 Å². The molecular weight excluding hydrogens is 219 g/mol. The lowest BCUT2D eigenvalue weighted by atomic mass is 10.1. The highest BCUT2D eigenvalue weighted by atomic mass is 19.4. The van der Waals surface area contributed by atoms with Crippen molar-refractivity contribution in [1.29, 1.82) is 0 Å². The largest absolute Gasteiger partial charge is 0.435 e. The quantitative estimate of drug-likeness (QED) is 0.866. The maximum absolute atomic E-state index is 12.3. The first-order valence-corrected chi connectivity index (χ1v) is 5.12. The smallest absolute Gasteiger partial charge is 0.315 e. The number of hydrogen-bond donors (Lipinski definition) is 1. The first kappa shape index (κ1) is 13.0. The van der Waals surface area contributed by atoms with Crippen LogP contribution < -0.4 is 5.32 Å². The zero-order valence-electron chi connectivity index (χ0n) is 9.54. The average Bonchev–Trinajstić information content (AvgIpc) is 2.61. The molecule has 3 nitrogen and oxygen atoms in total. The van der Waals surface area contributed by atoms with Gasteiger partial charge in [-0.15, -0.1) is 0 Å². The van der Waals surface area contributed by atoms with Crippen LogP contribution in [-0.4, -0.2) is 22.9 Å². The standard InChI is InChI=1S/C10H16F3N3/c1-7(2)8(14-3)6-16-5-4-9(15-16)10(11,12)13/h4-5,7-8,14H,6H2,1-3H3. The monoisotopic (exact) mass is 235 g/mol. The number of hydrogen-bond acceptors (Lipinski definition) is 2. The Kier molecular flexibility index (Phi) is 3.96. The first-order valence-electron chi connectivity index (χ1n) is 5.12. The molecule has 0 spiro atoms. The van der Waals surface area contributed by atoms with E-state index in [9.17, 15) is 13.2 Å². The molecule has 0 aliphatic heterocycles. The lowest BCUT2D eigenvalue weighted by Gasteiger charge is -2.19. The predicted octanol–water partition coefficient (Wildman–Crippen LogP) is 2.15. The van der Waals surface area contributed by atoms with Crippen LogP contribution in [0, 0.1) is 5.92 Å². The van der Waals surface area contributed by atoms with E-state index in [1.54, 1.807) is 7.05 Å². The van der Waals surface area contributed by atoms with Gasteiger partial charge in [0.25, 0.3) is 0 Å². The van der Waals surface area contributed by atoms with Gasteiger partial charge in [-0.1, -0.05) is 13.8 Å². The Labute approximate surface area is 92.6 Å². The molecule has 6 heteroatoms. The van der Waals surface area contributed by atoms with Gasteiger partial charge in [-0.25, -0.2) is 0 Å². The normalized spacial score (nSPS) is 14.4. The highest BCUT2D eigenvalue weighted by Gasteiger charge is 2.33. The summed E-state index contributed by atoms with van der Waals surface area (Å²) in [4.78, 5) is 0. The lowest BCUT2D eigenvalue weighted by Crippen LogP contribution is -2.35. The van der Waals surface area contributed by atoms with Crippen molar-refractivity contribution in [3.8, 4) is 0 Å². The second-order valence-corrected chi connectivity index (χ2v) is 4.06. The van der Waals surface area contributed by atoms with Crippen molar-refractivity contribution in [2.75, 3.05) is 7.05 Å². The fraction of sp³-hybridized carbons (Fsp3) is 0.700. The van der Waals surface area contributed by atoms with E-state index >= 15 is 0 Å². The zero-order valence-corrected chi connectivity index (χ0v) is 9.54. The predicted molar refractivity (Wildman–Crippen MR) is 54.9 cm³/mol. The topological polar surface area (TPSA) is 29.9 Å². The van der Waals surface area contributed by atoms with Crippen LogP contribution in [0.25, 0.3) is 0 Å². The SMILES string of the molecule is CNC(Cn1ccc(C(F)(F)F)n1)C(C)C. The molecule has 1 heterocycles. The van der Waals surface area contributed by atoms with E-state index in [4.69, 9.17) is 0 Å². The van der Waals surface area contributed by atoms with Gasteiger partial charge in [0.2, 0.25) is 0 Å². The molecule has 0 radical (unpaired) electrons. The number of halogens is 3. The van der Waals surface area contributed by atoms with Crippen LogP contribution in [0.1, 0.15) is 19.5 Å². The number of alkyl halides is 3. The summed E-state index contributed by atoms with van der Waals surface area (Å²) in [6.07, 6.45) is -3.01. The molecule has 1 unspecified atom stereocenters. The molecule has 0 amide bonds. The van der Waals surface area contributed by atoms with Crippen molar-refractivity contribution in [2.45, 2.75) is 32.6 Å². The summed E-state index contributed by atoms with van der Waals surface area (Å²) in [5.41, 5.74) is -0.842. The van der Waals surface area contributed by atoms with Gasteiger partial charge in [-0.2, -0.15) is 18.3 Å². The molecule has 16 heavy (non-hydrogen) atoms. The van der Waals surface area contributed by atoms with E-state index in [-0.39, 0.29) is 6.04 Å². The molecule has 1 aromatic heterocycles. The molecule has 1 N–H and O–H groups in total. The van der Waals surface area contributed by atoms with Crippen LogP contribution in [0.5, 0.6) is 0 Å². The molecule has 0 aliphatic rings. The Bertz CT molecular complexity index is 330. The minimum atomic E-state index is -4.36. The Morgan fingerprint density at radius 1 is 1.44 bits per heavy atom. The Hall–Kier alpha value is -1.04. The third-order valence-corrected chi connectivity index (χ3v) is 2.49. The van der Waals surface area contributed by atoms with Gasteiger partial charge in [0.15, 0.2) is 5.69 Å². The van der Waals surface area contributed by atoms with E-state index in [2.05, 4.69) is 10.4 Å². The molecule has 0 bridgehead atoms. The highest BCUT2D eigenvalue weighted by Crippen LogP contribution is 2.27. The molecule has 1 atom stereocenters. The fourth-order valence-corrected chi connectivity index (χ4v) is 1.45. The van der Waals surface area contributed by atoms with Gasteiger partial charge < -0.3 is 5.32 Å². The van der Waals surface area contributed by atoms with Gasteiger partial charge in [-0.3, -0.25) is 4.68 Å². The van der Waals surface area contributed by atoms with Crippen molar-refractivity contribution < 1.29 is 13.2 Å². The molecule has 0 saturated heterocycles. The van der Waals surface area contributed by atoms with Crippen LogP contribution in [0.15, 0.2) is 12.3 Å². The van der Waals surface area contributed by atoms with Crippen LogP contribution in [0.3, 0.4) is 0 Å². The fourth-order valence-electron chi connectivity index (χ4n) is 1.45. The van der Waals surface area contributed by atoms with Crippen molar-refractivity contribution in [1.82, 2.24) is 15.1 Å². The van der Waals surface area contributed by atoms with Gasteiger partial charge >= 0.3 is 6.18 Å². The third-order valence-electron chi connectivity index (χ3n) is 2.49. The second kappa shape index (κ2) is 4.86. The van der Waals surface area contributed by atoms with E-state index in [0.29, 0.717) is 12.5 Å². The lowest BCUT2D eigenvalue weighted by molar-refractivity contribution is -0.141. The molecule has 1 rings (SSSR count). The number of nitrogens with one attached hydrogen (secondary N) is 1. The summed E-state index contributed by atoms with van der Waals surface area (Å²) >= 11 is 0. The average molecular weight is 235 g/mol. The zero-order chi connectivity index (χ0) is 12.3. The van der Waals surface area contributed by atoms with E-state index in [1.807, 2.05) is 13.8 Å². The summed E-state index contributed by atoms with van der Waals surface area (Å²) < 4.78 is 38.2. The number of aromatic nitrogens is 2. The summed E-state index contributed by atoms with van der Waals surface area (Å²) in [6.45, 7) is 4.45. The van der Waals surface area contributed by atoms with Crippen LogP contribution in [0.4, 0.5) is 13.2 Å². The number of likely N-dealkylation sites (N-methyl/N-ethyl adjacent to an activating group) is 1. The molecule has 0 saturated carbocycles. The highest BCUT2D eigenvalue weighted by molar-refractivity contribution is 5.03. The molecule has 92 valence electrons. The third kappa shape index (κ3) is 3.23. The molecular formula is C10H16F3N3. The minimum absolute atomic E-state index is 0.112. The molecule has 0 aliphatic carbocycles. The number of nitrogens with zero attached hydrogens (tertiary/aromatic N) is 2. The summed E-state index contributed by atoms with van der Waals surface area (Å²) in [5, 5.41) is 6.56. The number of rotatable bonds is 4. The van der Waals surface area contributed by atoms with E-state index < -0.39 is 11.9 Å². The van der Waals surface area contributed by atoms with E-state index in [1.165, 1.54) is 10.9 Å². The maximum atomic E-state index is 12.3. The molecule has 0 aromatic carbocycles. The summed E-state index contributed by atoms with van der Waals surface area (Å²) in [6, 6.07) is 1.11. The Morgan fingerprint density at radius 3 is 2.44 bits per heavy atom. The van der Waals surface area contributed by atoms with Crippen molar-refractivity contribution in [3.05, 3.63) is 18.0 Å². The second-order valence-electron chi connectivity index (χ2n) is 4.06. The van der Waals surface area contributed by atoms with E-state index in [0.717, 1.165) is 6.07 Å². The summed E-state index contributed by atoms with van der Waals surface area (Å²) in [5.74, 6) is 0.337. The Balaban J connectivity index is 2.72. The van der Waals surface area contributed by atoms with Crippen LogP contribution >= 0.6 is 0 Å². The van der Waals surface area contributed by atoms with Crippen molar-refractivity contribution in [2.24, 2.45) is 5.92 Å². The van der Waals surface area contributed by atoms with Gasteiger partial charge in [0.05, 0.1) is 6.54 Å². The Morgan fingerprint density at radius 2 is 2.06 bits per heavy atom. The van der Waals surface area contributed by atoms with Gasteiger partial charge in [0, 0.05) is 12.2 Å². The van der Waals surface area contributed by atoms with Crippen LogP contribution in [0.2, 0.25) is 0 Å². The maximum Gasteiger partial charge on any atom is 0.435 e. The van der Waals surface area contributed by atoms with Gasteiger partial charge in [0.1, 0.15) is 0 Å². The molecule has 0 fully saturated rings.